The van der Waals surface area contributed by atoms with Crippen LogP contribution in [0.3, 0.4) is 0 Å². The Hall–Kier alpha value is -6.95. The van der Waals surface area contributed by atoms with E-state index in [0.717, 1.165) is 63.8 Å². The number of hydrogen-bond donors (Lipinski definition) is 0. The van der Waals surface area contributed by atoms with Gasteiger partial charge in [-0.1, -0.05) is 127 Å². The molecule has 0 radical (unpaired) electrons. The summed E-state index contributed by atoms with van der Waals surface area (Å²) in [5, 5.41) is 7.58. The zero-order valence-electron chi connectivity index (χ0n) is 32.0. The Labute approximate surface area is 344 Å². The van der Waals surface area contributed by atoms with Crippen LogP contribution in [0.2, 0.25) is 0 Å². The van der Waals surface area contributed by atoms with Crippen LogP contribution in [0.1, 0.15) is 41.6 Å². The quantitative estimate of drug-likeness (QED) is 0.164. The van der Waals surface area contributed by atoms with Crippen LogP contribution in [-0.4, -0.2) is 24.4 Å². The molecule has 4 aliphatic rings. The highest BCUT2D eigenvalue weighted by atomic mass is 32.2. The topological polar surface area (TPSA) is 35.6 Å². The molecule has 14 rings (SSSR count). The number of nitrogens with zero attached hydrogens (tertiary/aromatic N) is 4. The molecular formula is C54H34N4S. The number of rotatable bonds is 2. The Morgan fingerprint density at radius 3 is 2.22 bits per heavy atom. The fraction of sp³-hybridized carbons (Fsp3) is 0.0741. The highest BCUT2D eigenvalue weighted by Crippen LogP contribution is 2.54. The second-order valence-electron chi connectivity index (χ2n) is 16.2. The molecule has 0 amide bonds. The van der Waals surface area contributed by atoms with Crippen molar-refractivity contribution in [3.8, 4) is 11.5 Å². The van der Waals surface area contributed by atoms with Gasteiger partial charge in [-0.05, 0) is 83.3 Å². The number of para-hydroxylation sites is 3. The molecule has 0 bridgehead atoms. The molecule has 0 saturated carbocycles. The molecule has 7 aromatic carbocycles. The average molecular weight is 771 g/mol. The summed E-state index contributed by atoms with van der Waals surface area (Å²) in [6.45, 7) is 0. The van der Waals surface area contributed by atoms with E-state index < -0.39 is 0 Å². The molecule has 0 spiro atoms. The summed E-state index contributed by atoms with van der Waals surface area (Å²) in [6.07, 6.45) is 12.7. The van der Waals surface area contributed by atoms with Crippen molar-refractivity contribution in [3.05, 3.63) is 186 Å². The molecule has 5 heteroatoms. The lowest BCUT2D eigenvalue weighted by Crippen LogP contribution is -2.11. The largest absolute Gasteiger partial charge is 0.308 e. The van der Waals surface area contributed by atoms with Crippen LogP contribution in [0.25, 0.3) is 99.2 Å². The Balaban J connectivity index is 1.19. The van der Waals surface area contributed by atoms with Crippen LogP contribution < -0.4 is 0 Å². The Kier molecular flexibility index (Phi) is 6.42. The average Bonchev–Trinajstić information content (AvgIpc) is 3.93. The molecule has 0 fully saturated rings. The molecule has 276 valence electrons. The maximum Gasteiger partial charge on any atom is 0.165 e. The van der Waals surface area contributed by atoms with E-state index in [1.165, 1.54) is 82.0 Å². The van der Waals surface area contributed by atoms with Crippen LogP contribution in [0.15, 0.2) is 169 Å². The standard InChI is InChI=1S/C54H34N4S/c1-2-15-32-31(14-1)28-29-41-51(32)56-52(39-22-13-27-47-48(39)38-21-8-12-26-46(38)59-47)54(55-41)58-44-25-11-7-20-37(44)49-45(58)30-40-35-18-6-10-24-43(35)57-42-23-9-5-17-34(42)33-16-3-4-19-36(33)50(49)53(40)57/h1-2,5-26,28-30,47H,3-4,27H2. The zero-order valence-corrected chi connectivity index (χ0v) is 32.8. The number of aromatic nitrogens is 4. The fourth-order valence-electron chi connectivity index (χ4n) is 10.8. The van der Waals surface area contributed by atoms with Gasteiger partial charge in [0.1, 0.15) is 5.69 Å². The van der Waals surface area contributed by atoms with Crippen molar-refractivity contribution in [2.75, 3.05) is 0 Å². The van der Waals surface area contributed by atoms with Gasteiger partial charge >= 0.3 is 0 Å². The van der Waals surface area contributed by atoms with Gasteiger partial charge in [-0.3, -0.25) is 4.57 Å². The third kappa shape index (κ3) is 4.25. The third-order valence-electron chi connectivity index (χ3n) is 13.2. The van der Waals surface area contributed by atoms with Crippen molar-refractivity contribution >= 4 is 99.5 Å². The fourth-order valence-corrected chi connectivity index (χ4v) is 12.1. The van der Waals surface area contributed by atoms with E-state index in [1.54, 1.807) is 0 Å². The van der Waals surface area contributed by atoms with Crippen LogP contribution in [-0.2, 0) is 0 Å². The Morgan fingerprint density at radius 2 is 1.32 bits per heavy atom. The lowest BCUT2D eigenvalue weighted by molar-refractivity contribution is 1.04. The highest BCUT2D eigenvalue weighted by Gasteiger charge is 2.35. The van der Waals surface area contributed by atoms with Gasteiger partial charge in [0.2, 0.25) is 0 Å². The lowest BCUT2D eigenvalue weighted by Gasteiger charge is -2.21. The third-order valence-corrected chi connectivity index (χ3v) is 14.5. The first-order valence-electron chi connectivity index (χ1n) is 20.7. The van der Waals surface area contributed by atoms with Gasteiger partial charge < -0.3 is 4.57 Å². The predicted octanol–water partition coefficient (Wildman–Crippen LogP) is 13.9. The van der Waals surface area contributed by atoms with Crippen molar-refractivity contribution in [2.45, 2.75) is 29.4 Å². The minimum atomic E-state index is 0.326. The maximum absolute atomic E-state index is 5.78. The Bertz CT molecular complexity index is 3680. The summed E-state index contributed by atoms with van der Waals surface area (Å²) < 4.78 is 5.00. The molecular weight excluding hydrogens is 737 g/mol. The minimum Gasteiger partial charge on any atom is -0.308 e. The van der Waals surface area contributed by atoms with Crippen LogP contribution in [0, 0.1) is 0 Å². The molecule has 4 nitrogen and oxygen atoms in total. The van der Waals surface area contributed by atoms with Crippen LogP contribution in [0.4, 0.5) is 0 Å². The molecule has 3 aromatic heterocycles. The van der Waals surface area contributed by atoms with E-state index in [0.29, 0.717) is 5.25 Å². The molecule has 0 N–H and O–H groups in total. The first-order valence-corrected chi connectivity index (χ1v) is 21.6. The predicted molar refractivity (Wildman–Crippen MR) is 248 cm³/mol. The number of fused-ring (bicyclic) bond motifs is 18. The van der Waals surface area contributed by atoms with Gasteiger partial charge in [-0.25, -0.2) is 9.97 Å². The van der Waals surface area contributed by atoms with Crippen molar-refractivity contribution in [2.24, 2.45) is 0 Å². The van der Waals surface area contributed by atoms with Crippen molar-refractivity contribution < 1.29 is 0 Å². The number of benzene rings is 7. The van der Waals surface area contributed by atoms with Crippen LogP contribution >= 0.6 is 11.8 Å². The summed E-state index contributed by atoms with van der Waals surface area (Å²) in [7, 11) is 0. The summed E-state index contributed by atoms with van der Waals surface area (Å²) in [6, 6.07) is 51.2. The first-order chi connectivity index (χ1) is 29.3. The molecule has 5 heterocycles. The van der Waals surface area contributed by atoms with Gasteiger partial charge in [0.05, 0.1) is 38.8 Å². The van der Waals surface area contributed by atoms with Gasteiger partial charge in [-0.2, -0.15) is 0 Å². The van der Waals surface area contributed by atoms with E-state index in [2.05, 4.69) is 173 Å². The van der Waals surface area contributed by atoms with E-state index in [9.17, 15) is 0 Å². The summed E-state index contributed by atoms with van der Waals surface area (Å²) in [5.74, 6) is 0.863. The van der Waals surface area contributed by atoms with Crippen molar-refractivity contribution in [1.82, 2.24) is 19.1 Å². The summed E-state index contributed by atoms with van der Waals surface area (Å²) in [4.78, 5) is 12.9. The lowest BCUT2D eigenvalue weighted by atomic mass is 9.85. The van der Waals surface area contributed by atoms with Crippen LogP contribution in [0.5, 0.6) is 0 Å². The van der Waals surface area contributed by atoms with Gasteiger partial charge in [-0.15, -0.1) is 11.8 Å². The van der Waals surface area contributed by atoms with Crippen molar-refractivity contribution in [1.29, 1.82) is 0 Å². The molecule has 1 atom stereocenters. The monoisotopic (exact) mass is 770 g/mol. The first kappa shape index (κ1) is 32.1. The smallest absolute Gasteiger partial charge is 0.165 e. The Morgan fingerprint density at radius 1 is 0.593 bits per heavy atom. The molecule has 10 aromatic rings. The second kappa shape index (κ2) is 11.8. The summed E-state index contributed by atoms with van der Waals surface area (Å²) in [5.41, 5.74) is 17.8. The van der Waals surface area contributed by atoms with Gasteiger partial charge in [0, 0.05) is 53.8 Å². The van der Waals surface area contributed by atoms with Gasteiger partial charge in [0.15, 0.2) is 5.82 Å². The highest BCUT2D eigenvalue weighted by molar-refractivity contribution is 8.00. The second-order valence-corrected chi connectivity index (χ2v) is 17.4. The maximum atomic E-state index is 5.78. The molecule has 1 unspecified atom stereocenters. The number of hydrogen-bond acceptors (Lipinski definition) is 3. The van der Waals surface area contributed by atoms with Crippen molar-refractivity contribution in [3.63, 3.8) is 0 Å². The number of thioether (sulfide) groups is 1. The van der Waals surface area contributed by atoms with E-state index in [-0.39, 0.29) is 0 Å². The van der Waals surface area contributed by atoms with E-state index in [1.807, 2.05) is 11.8 Å². The normalized spacial score (nSPS) is 16.8. The summed E-state index contributed by atoms with van der Waals surface area (Å²) >= 11 is 1.98. The van der Waals surface area contributed by atoms with E-state index >= 15 is 0 Å². The van der Waals surface area contributed by atoms with Gasteiger partial charge in [0.25, 0.3) is 0 Å². The molecule has 59 heavy (non-hydrogen) atoms. The molecule has 0 saturated heterocycles. The number of allylic oxidation sites excluding steroid dienone is 7. The SMILES string of the molecule is C1=CC(c2nc3c(ccc4ccccc43)nc2-n2c3ccccc3c3c4c5c(cc32)c2ccccc2n5-c2ccccc2C2=CCCC=C24)=C2c3ccccc3SC2C1. The minimum absolute atomic E-state index is 0.326. The molecule has 2 aliphatic carbocycles. The molecule has 2 aliphatic heterocycles. The van der Waals surface area contributed by atoms with E-state index in [4.69, 9.17) is 9.97 Å². The zero-order chi connectivity index (χ0) is 38.3.